The van der Waals surface area contributed by atoms with E-state index in [4.69, 9.17) is 0 Å². The molecule has 4 nitrogen and oxygen atoms in total. The Kier molecular flexibility index (Phi) is 6.46. The van der Waals surface area contributed by atoms with Crippen LogP contribution in [0.3, 0.4) is 0 Å². The van der Waals surface area contributed by atoms with Gasteiger partial charge >= 0.3 is 6.18 Å². The van der Waals surface area contributed by atoms with Gasteiger partial charge in [0.25, 0.3) is 10.0 Å². The van der Waals surface area contributed by atoms with Gasteiger partial charge in [-0.05, 0) is 52.6 Å². The lowest BCUT2D eigenvalue weighted by atomic mass is 9.89. The Morgan fingerprint density at radius 3 is 2.10 bits per heavy atom. The molecule has 0 saturated heterocycles. The predicted molar refractivity (Wildman–Crippen MR) is 154 cm³/mol. The average Bonchev–Trinajstić information content (AvgIpc) is 3.34. The maximum Gasteiger partial charge on any atom is 0.398 e. The van der Waals surface area contributed by atoms with Crippen LogP contribution in [0.5, 0.6) is 0 Å². The topological polar surface area (TPSA) is 54.5 Å². The third-order valence-corrected chi connectivity index (χ3v) is 9.36. The smallest absolute Gasteiger partial charge is 0.292 e. The highest BCUT2D eigenvalue weighted by Crippen LogP contribution is 2.52. The summed E-state index contributed by atoms with van der Waals surface area (Å²) in [6.45, 7) is 1.77. The van der Waals surface area contributed by atoms with Crippen LogP contribution < -0.4 is 4.31 Å². The van der Waals surface area contributed by atoms with E-state index in [0.29, 0.717) is 4.31 Å². The van der Waals surface area contributed by atoms with E-state index < -0.39 is 33.9 Å². The van der Waals surface area contributed by atoms with Gasteiger partial charge in [-0.2, -0.15) is 13.2 Å². The van der Waals surface area contributed by atoms with Crippen molar-refractivity contribution in [3.05, 3.63) is 132 Å². The zero-order valence-electron chi connectivity index (χ0n) is 21.8. The highest BCUT2D eigenvalue weighted by atomic mass is 32.2. The summed E-state index contributed by atoms with van der Waals surface area (Å²) in [5.41, 5.74) is 2.07. The van der Waals surface area contributed by atoms with Crippen molar-refractivity contribution < 1.29 is 26.4 Å². The molecular formula is C33H24F3NO3S. The van der Waals surface area contributed by atoms with Crippen LogP contribution in [0.2, 0.25) is 0 Å². The second-order valence-electron chi connectivity index (χ2n) is 10.1. The number of carbonyl (C=O) groups is 1. The molecule has 1 heterocycles. The number of para-hydroxylation sites is 1. The molecule has 41 heavy (non-hydrogen) atoms. The lowest BCUT2D eigenvalue weighted by molar-refractivity contribution is -0.150. The number of aryl methyl sites for hydroxylation is 1. The van der Waals surface area contributed by atoms with Crippen LogP contribution in [-0.2, 0) is 10.0 Å². The number of fused-ring (bicyclic) bond motifs is 2. The molecule has 2 atom stereocenters. The summed E-state index contributed by atoms with van der Waals surface area (Å²) in [5, 5.41) is 2.02. The summed E-state index contributed by atoms with van der Waals surface area (Å²) in [6.07, 6.45) is -4.88. The molecule has 0 aliphatic carbocycles. The number of halogens is 3. The van der Waals surface area contributed by atoms with Crippen molar-refractivity contribution in [1.29, 1.82) is 0 Å². The highest BCUT2D eigenvalue weighted by Gasteiger charge is 2.58. The number of nitrogens with zero attached hydrogens (tertiary/aromatic N) is 1. The second-order valence-corrected chi connectivity index (χ2v) is 11.9. The maximum absolute atomic E-state index is 14.6. The van der Waals surface area contributed by atoms with Gasteiger partial charge in [0.1, 0.15) is 12.0 Å². The van der Waals surface area contributed by atoms with E-state index in [1.807, 2.05) is 42.5 Å². The molecule has 206 valence electrons. The van der Waals surface area contributed by atoms with Gasteiger partial charge in [-0.25, -0.2) is 8.42 Å². The predicted octanol–water partition coefficient (Wildman–Crippen LogP) is 7.92. The number of hydrogen-bond donors (Lipinski definition) is 0. The van der Waals surface area contributed by atoms with Crippen molar-refractivity contribution in [2.45, 2.75) is 30.0 Å². The molecule has 0 radical (unpaired) electrons. The average molecular weight is 572 g/mol. The number of carbonyl (C=O) groups excluding carboxylic acids is 1. The molecule has 5 aromatic rings. The van der Waals surface area contributed by atoms with Gasteiger partial charge in [0.15, 0.2) is 5.78 Å². The van der Waals surface area contributed by atoms with Gasteiger partial charge < -0.3 is 0 Å². The van der Waals surface area contributed by atoms with Crippen molar-refractivity contribution in [2.24, 2.45) is 0 Å². The number of hydrogen-bond acceptors (Lipinski definition) is 3. The van der Waals surface area contributed by atoms with Crippen LogP contribution in [-0.4, -0.2) is 26.4 Å². The van der Waals surface area contributed by atoms with Gasteiger partial charge in [-0.3, -0.25) is 9.10 Å². The molecule has 0 fully saturated rings. The quantitative estimate of drug-likeness (QED) is 0.201. The van der Waals surface area contributed by atoms with E-state index in [2.05, 4.69) is 0 Å². The third-order valence-electron chi connectivity index (χ3n) is 7.55. The minimum Gasteiger partial charge on any atom is -0.292 e. The Hall–Kier alpha value is -4.43. The first-order valence-electron chi connectivity index (χ1n) is 13.0. The fourth-order valence-corrected chi connectivity index (χ4v) is 7.23. The van der Waals surface area contributed by atoms with Crippen molar-refractivity contribution in [2.75, 3.05) is 4.31 Å². The summed E-state index contributed by atoms with van der Waals surface area (Å²) in [5.74, 6) is -3.26. The summed E-state index contributed by atoms with van der Waals surface area (Å²) in [4.78, 5) is 13.8. The highest BCUT2D eigenvalue weighted by molar-refractivity contribution is 7.93. The van der Waals surface area contributed by atoms with Crippen molar-refractivity contribution in [1.82, 2.24) is 0 Å². The number of benzene rings is 5. The molecule has 0 aromatic heterocycles. The monoisotopic (exact) mass is 571 g/mol. The molecule has 0 amide bonds. The van der Waals surface area contributed by atoms with Crippen LogP contribution in [0.15, 0.2) is 120 Å². The first-order chi connectivity index (χ1) is 19.6. The molecule has 8 heteroatoms. The van der Waals surface area contributed by atoms with Gasteiger partial charge in [0.05, 0.1) is 10.6 Å². The number of alkyl halides is 3. The number of ketones is 1. The van der Waals surface area contributed by atoms with E-state index in [9.17, 15) is 26.4 Å². The zero-order valence-corrected chi connectivity index (χ0v) is 22.7. The first kappa shape index (κ1) is 26.8. The van der Waals surface area contributed by atoms with Crippen molar-refractivity contribution in [3.63, 3.8) is 0 Å². The Balaban J connectivity index is 1.46. The van der Waals surface area contributed by atoms with E-state index in [1.54, 1.807) is 31.2 Å². The number of Topliss-reactive ketones (excluding diaryl/α,β-unsaturated/α-hetero) is 1. The zero-order chi connectivity index (χ0) is 28.9. The van der Waals surface area contributed by atoms with Crippen molar-refractivity contribution >= 4 is 32.3 Å². The van der Waals surface area contributed by atoms with Crippen LogP contribution in [0.1, 0.15) is 27.4 Å². The molecule has 6 rings (SSSR count). The summed E-state index contributed by atoms with van der Waals surface area (Å²) < 4.78 is 72.4. The van der Waals surface area contributed by atoms with E-state index in [1.165, 1.54) is 48.5 Å². The Morgan fingerprint density at radius 2 is 1.39 bits per heavy atom. The van der Waals surface area contributed by atoms with Gasteiger partial charge in [-0.1, -0.05) is 103 Å². The third kappa shape index (κ3) is 4.58. The number of anilines is 1. The second kappa shape index (κ2) is 9.89. The van der Waals surface area contributed by atoms with Crippen LogP contribution in [0.4, 0.5) is 18.9 Å². The molecule has 0 saturated carbocycles. The summed E-state index contributed by atoms with van der Waals surface area (Å²) in [6, 6.07) is 29.1. The SMILES string of the molecule is Cc1ccc(S(=O)(=O)N2c3ccccc3[C@@H](C(F)(F)F)[C@@H]2C(=O)c2ccc(-c3cccc4ccccc34)cc2)cc1. The van der Waals surface area contributed by atoms with Crippen LogP contribution in [0.25, 0.3) is 21.9 Å². The number of sulfonamides is 1. The van der Waals surface area contributed by atoms with Gasteiger partial charge in [0, 0.05) is 5.56 Å². The molecule has 1 aliphatic heterocycles. The normalized spacial score (nSPS) is 17.0. The van der Waals surface area contributed by atoms with Gasteiger partial charge in [0.2, 0.25) is 0 Å². The summed E-state index contributed by atoms with van der Waals surface area (Å²) in [7, 11) is -4.53. The maximum atomic E-state index is 14.6. The van der Waals surface area contributed by atoms with Gasteiger partial charge in [-0.15, -0.1) is 0 Å². The summed E-state index contributed by atoms with van der Waals surface area (Å²) >= 11 is 0. The largest absolute Gasteiger partial charge is 0.398 e. The van der Waals surface area contributed by atoms with Crippen LogP contribution in [0, 0.1) is 6.92 Å². The van der Waals surface area contributed by atoms with E-state index in [-0.39, 0.29) is 21.7 Å². The molecule has 0 bridgehead atoms. The van der Waals surface area contributed by atoms with E-state index in [0.717, 1.165) is 27.5 Å². The van der Waals surface area contributed by atoms with Crippen molar-refractivity contribution in [3.8, 4) is 11.1 Å². The molecule has 0 spiro atoms. The fourth-order valence-electron chi connectivity index (χ4n) is 5.58. The molecule has 5 aromatic carbocycles. The first-order valence-corrected chi connectivity index (χ1v) is 14.4. The molecule has 0 N–H and O–H groups in total. The molecule has 0 unspecified atom stereocenters. The van der Waals surface area contributed by atoms with E-state index >= 15 is 0 Å². The number of rotatable bonds is 5. The molecule has 1 aliphatic rings. The minimum atomic E-state index is -4.88. The standard InChI is InChI=1S/C33H24F3NO3S/c1-21-13-19-25(20-14-21)41(39,40)37-29-12-5-4-10-28(29)30(33(34,35)36)31(37)32(38)24-17-15-23(16-18-24)27-11-6-8-22-7-2-3-9-26(22)27/h2-20,30-31H,1H3/t30-,31-/m1/s1. The fraction of sp³-hybridized carbons (Fsp3) is 0.121. The van der Waals surface area contributed by atoms with Crippen LogP contribution >= 0.6 is 0 Å². The Bertz CT molecular complexity index is 1880. The Morgan fingerprint density at radius 1 is 0.756 bits per heavy atom. The lowest BCUT2D eigenvalue weighted by Crippen LogP contribution is -2.47. The minimum absolute atomic E-state index is 0.00912. The molecular weight excluding hydrogens is 547 g/mol. The lowest BCUT2D eigenvalue weighted by Gasteiger charge is -2.29. The Labute approximate surface area is 235 Å².